The number of benzene rings is 1. The topological polar surface area (TPSA) is 63.6 Å². The zero-order valence-corrected chi connectivity index (χ0v) is 7.98. The second-order valence-electron chi connectivity index (χ2n) is 3.10. The van der Waals surface area contributed by atoms with Crippen LogP contribution < -0.4 is 4.74 Å². The molecule has 0 bridgehead atoms. The van der Waals surface area contributed by atoms with Crippen molar-refractivity contribution in [2.24, 2.45) is 0 Å². The lowest BCUT2D eigenvalue weighted by Crippen LogP contribution is -2.13. The summed E-state index contributed by atoms with van der Waals surface area (Å²) >= 11 is 0. The van der Waals surface area contributed by atoms with Gasteiger partial charge in [-0.2, -0.15) is 0 Å². The molecule has 1 aromatic rings. The van der Waals surface area contributed by atoms with E-state index < -0.39 is 0 Å². The van der Waals surface area contributed by atoms with Gasteiger partial charge in [-0.3, -0.25) is 9.59 Å². The molecule has 0 amide bonds. The molecule has 0 radical (unpaired) electrons. The van der Waals surface area contributed by atoms with Crippen molar-refractivity contribution in [3.05, 3.63) is 35.4 Å². The van der Waals surface area contributed by atoms with Crippen molar-refractivity contribution < 1.29 is 19.4 Å². The Hall–Kier alpha value is -2.10. The number of phenols is 1. The maximum atomic E-state index is 11.5. The molecule has 76 valence electrons. The summed E-state index contributed by atoms with van der Waals surface area (Å²) in [6.45, 7) is 0. The number of allylic oxidation sites excluding steroid dienone is 2. The van der Waals surface area contributed by atoms with Crippen LogP contribution in [0.15, 0.2) is 24.3 Å². The van der Waals surface area contributed by atoms with Gasteiger partial charge in [0, 0.05) is 0 Å². The molecule has 1 aliphatic carbocycles. The van der Waals surface area contributed by atoms with E-state index in [4.69, 9.17) is 4.74 Å². The third kappa shape index (κ3) is 1.30. The van der Waals surface area contributed by atoms with E-state index in [-0.39, 0.29) is 28.4 Å². The minimum atomic E-state index is -0.388. The molecular weight excluding hydrogens is 196 g/mol. The lowest BCUT2D eigenvalue weighted by Gasteiger charge is -2.13. The predicted octanol–water partition coefficient (Wildman–Crippen LogP) is 1.34. The van der Waals surface area contributed by atoms with E-state index in [2.05, 4.69) is 0 Å². The van der Waals surface area contributed by atoms with Crippen LogP contribution in [-0.4, -0.2) is 23.8 Å². The van der Waals surface area contributed by atoms with Crippen LogP contribution in [0.25, 0.3) is 0 Å². The zero-order chi connectivity index (χ0) is 11.0. The van der Waals surface area contributed by atoms with Gasteiger partial charge in [-0.1, -0.05) is 0 Å². The molecule has 0 unspecified atom stereocenters. The number of ether oxygens (including phenoxy) is 1. The molecule has 0 aromatic heterocycles. The summed E-state index contributed by atoms with van der Waals surface area (Å²) < 4.78 is 4.97. The van der Waals surface area contributed by atoms with E-state index >= 15 is 0 Å². The third-order valence-electron chi connectivity index (χ3n) is 2.24. The van der Waals surface area contributed by atoms with Crippen LogP contribution in [0.1, 0.15) is 20.7 Å². The molecular formula is C11H8O4. The smallest absolute Gasteiger partial charge is 0.190 e. The van der Waals surface area contributed by atoms with Crippen LogP contribution in [0.3, 0.4) is 0 Å². The standard InChI is InChI=1S/C11H8O4/c1-15-9-5-4-7(13)10-6(12)2-3-8(14)11(9)10/h2-5,13H,1H3. The number of fused-ring (bicyclic) bond motifs is 1. The fourth-order valence-electron chi connectivity index (χ4n) is 1.55. The van der Waals surface area contributed by atoms with Gasteiger partial charge in [-0.15, -0.1) is 0 Å². The normalized spacial score (nSPS) is 13.9. The van der Waals surface area contributed by atoms with Crippen molar-refractivity contribution in [2.75, 3.05) is 7.11 Å². The molecule has 4 heteroatoms. The average molecular weight is 204 g/mol. The molecule has 1 N–H and O–H groups in total. The van der Waals surface area contributed by atoms with Gasteiger partial charge in [-0.05, 0) is 24.3 Å². The zero-order valence-electron chi connectivity index (χ0n) is 7.98. The Morgan fingerprint density at radius 1 is 1.07 bits per heavy atom. The van der Waals surface area contributed by atoms with Gasteiger partial charge in [0.2, 0.25) is 0 Å². The number of rotatable bonds is 1. The molecule has 1 aliphatic rings. The Kier molecular flexibility index (Phi) is 2.04. The van der Waals surface area contributed by atoms with E-state index in [0.29, 0.717) is 5.75 Å². The van der Waals surface area contributed by atoms with Crippen molar-refractivity contribution in [1.29, 1.82) is 0 Å². The lowest BCUT2D eigenvalue weighted by atomic mass is 9.93. The summed E-state index contributed by atoms with van der Waals surface area (Å²) in [7, 11) is 1.41. The third-order valence-corrected chi connectivity index (χ3v) is 2.24. The number of aromatic hydroxyl groups is 1. The Labute approximate surface area is 85.8 Å². The van der Waals surface area contributed by atoms with E-state index in [1.807, 2.05) is 0 Å². The van der Waals surface area contributed by atoms with Crippen molar-refractivity contribution >= 4 is 11.6 Å². The number of carbonyl (C=O) groups excluding carboxylic acids is 2. The van der Waals surface area contributed by atoms with Gasteiger partial charge < -0.3 is 9.84 Å². The second kappa shape index (κ2) is 3.24. The van der Waals surface area contributed by atoms with Gasteiger partial charge in [0.05, 0.1) is 18.2 Å². The van der Waals surface area contributed by atoms with Gasteiger partial charge in [-0.25, -0.2) is 0 Å². The molecule has 0 heterocycles. The summed E-state index contributed by atoms with van der Waals surface area (Å²) in [6.07, 6.45) is 2.32. The predicted molar refractivity (Wildman–Crippen MR) is 52.5 cm³/mol. The fraction of sp³-hybridized carbons (Fsp3) is 0.0909. The first-order valence-corrected chi connectivity index (χ1v) is 4.32. The van der Waals surface area contributed by atoms with Crippen LogP contribution in [0.5, 0.6) is 11.5 Å². The lowest BCUT2D eigenvalue weighted by molar-refractivity contribution is 0.0989. The van der Waals surface area contributed by atoms with Gasteiger partial charge >= 0.3 is 0 Å². The molecule has 4 nitrogen and oxygen atoms in total. The maximum absolute atomic E-state index is 11.5. The highest BCUT2D eigenvalue weighted by Crippen LogP contribution is 2.32. The van der Waals surface area contributed by atoms with E-state index in [9.17, 15) is 14.7 Å². The number of carbonyl (C=O) groups is 2. The monoisotopic (exact) mass is 204 g/mol. The Bertz CT molecular complexity index is 486. The number of methoxy groups -OCH3 is 1. The molecule has 15 heavy (non-hydrogen) atoms. The molecule has 0 spiro atoms. The Morgan fingerprint density at radius 3 is 2.27 bits per heavy atom. The first-order chi connectivity index (χ1) is 7.15. The minimum absolute atomic E-state index is 0.0156. The molecule has 2 rings (SSSR count). The van der Waals surface area contributed by atoms with E-state index in [0.717, 1.165) is 6.08 Å². The number of hydrogen-bond donors (Lipinski definition) is 1. The highest BCUT2D eigenvalue weighted by molar-refractivity contribution is 6.24. The average Bonchev–Trinajstić information content (AvgIpc) is 2.23. The SMILES string of the molecule is COc1ccc(O)c2c1C(=O)C=CC2=O. The summed E-state index contributed by atoms with van der Waals surface area (Å²) in [5, 5.41) is 9.50. The van der Waals surface area contributed by atoms with Crippen molar-refractivity contribution in [1.82, 2.24) is 0 Å². The summed E-state index contributed by atoms with van der Waals surface area (Å²) in [5.41, 5.74) is 0.145. The number of ketones is 2. The Balaban J connectivity index is 2.78. The second-order valence-corrected chi connectivity index (χ2v) is 3.10. The molecule has 1 aromatic carbocycles. The molecule has 0 fully saturated rings. The first kappa shape index (κ1) is 9.45. The fourth-order valence-corrected chi connectivity index (χ4v) is 1.55. The van der Waals surface area contributed by atoms with Crippen LogP contribution in [0, 0.1) is 0 Å². The van der Waals surface area contributed by atoms with Crippen molar-refractivity contribution in [3.63, 3.8) is 0 Å². The van der Waals surface area contributed by atoms with E-state index in [1.165, 1.54) is 25.3 Å². The van der Waals surface area contributed by atoms with Gasteiger partial charge in [0.1, 0.15) is 11.5 Å². The van der Waals surface area contributed by atoms with Crippen LogP contribution in [0.4, 0.5) is 0 Å². The first-order valence-electron chi connectivity index (χ1n) is 4.32. The molecule has 0 aliphatic heterocycles. The van der Waals surface area contributed by atoms with Gasteiger partial charge in [0.15, 0.2) is 11.6 Å². The summed E-state index contributed by atoms with van der Waals surface area (Å²) in [4.78, 5) is 23.0. The van der Waals surface area contributed by atoms with Crippen LogP contribution in [0.2, 0.25) is 0 Å². The van der Waals surface area contributed by atoms with Crippen LogP contribution >= 0.6 is 0 Å². The van der Waals surface area contributed by atoms with Crippen molar-refractivity contribution in [2.45, 2.75) is 0 Å². The molecule has 0 saturated carbocycles. The summed E-state index contributed by atoms with van der Waals surface area (Å²) in [6, 6.07) is 2.79. The van der Waals surface area contributed by atoms with Crippen molar-refractivity contribution in [3.8, 4) is 11.5 Å². The number of phenolic OH excluding ortho intramolecular Hbond substituents is 1. The number of hydrogen-bond acceptors (Lipinski definition) is 4. The summed E-state index contributed by atoms with van der Waals surface area (Å²) in [5.74, 6) is -0.627. The van der Waals surface area contributed by atoms with Crippen LogP contribution in [-0.2, 0) is 0 Å². The molecule has 0 saturated heterocycles. The molecule has 0 atom stereocenters. The maximum Gasteiger partial charge on any atom is 0.190 e. The highest BCUT2D eigenvalue weighted by Gasteiger charge is 2.26. The van der Waals surface area contributed by atoms with E-state index in [1.54, 1.807) is 0 Å². The highest BCUT2D eigenvalue weighted by atomic mass is 16.5. The van der Waals surface area contributed by atoms with Gasteiger partial charge in [0.25, 0.3) is 0 Å². The largest absolute Gasteiger partial charge is 0.507 e. The quantitative estimate of drug-likeness (QED) is 0.749. The Morgan fingerprint density at radius 2 is 1.67 bits per heavy atom. The minimum Gasteiger partial charge on any atom is -0.507 e.